The number of hydrogen-bond donors (Lipinski definition) is 0. The van der Waals surface area contributed by atoms with Gasteiger partial charge in [-0.05, 0) is 6.08 Å². The zero-order chi connectivity index (χ0) is 7.28. The summed E-state index contributed by atoms with van der Waals surface area (Å²) < 4.78 is 4.43. The molecule has 0 aromatic rings. The van der Waals surface area contributed by atoms with E-state index in [1.54, 1.807) is 6.07 Å². The van der Waals surface area contributed by atoms with Crippen LogP contribution in [0, 0.1) is 11.3 Å². The van der Waals surface area contributed by atoms with Crippen molar-refractivity contribution < 1.29 is 9.53 Å². The van der Waals surface area contributed by atoms with Gasteiger partial charge < -0.3 is 4.74 Å². The normalized spacial score (nSPS) is 11.1. The first-order valence-corrected chi connectivity index (χ1v) is 2.40. The predicted molar refractivity (Wildman–Crippen MR) is 31.4 cm³/mol. The van der Waals surface area contributed by atoms with E-state index >= 15 is 0 Å². The Hall–Kier alpha value is -1.30. The molecule has 0 N–H and O–H groups in total. The molecule has 0 saturated carbocycles. The highest BCUT2D eigenvalue weighted by Gasteiger charge is 2.02. The van der Waals surface area contributed by atoms with Crippen LogP contribution in [-0.2, 0) is 9.53 Å². The van der Waals surface area contributed by atoms with E-state index in [0.717, 1.165) is 0 Å². The Labute approximate surface area is 53.5 Å². The van der Waals surface area contributed by atoms with Crippen molar-refractivity contribution in [2.45, 2.75) is 13.0 Å². The Balaban J connectivity index is 3.73. The summed E-state index contributed by atoms with van der Waals surface area (Å²) in [6.07, 6.45) is 0.462. The topological polar surface area (TPSA) is 50.1 Å². The molecule has 0 aromatic heterocycles. The Kier molecular flexibility index (Phi) is 3.14. The summed E-state index contributed by atoms with van der Waals surface area (Å²) >= 11 is 0. The van der Waals surface area contributed by atoms with Crippen molar-refractivity contribution in [3.63, 3.8) is 0 Å². The van der Waals surface area contributed by atoms with E-state index in [1.807, 2.05) is 0 Å². The highest BCUT2D eigenvalue weighted by Crippen LogP contribution is 1.89. The van der Waals surface area contributed by atoms with Crippen LogP contribution in [0.2, 0.25) is 0 Å². The van der Waals surface area contributed by atoms with Crippen molar-refractivity contribution >= 4 is 5.97 Å². The minimum Gasteiger partial charge on any atom is -0.443 e. The summed E-state index contributed by atoms with van der Waals surface area (Å²) in [5.41, 5.74) is 0. The number of carbonyl (C=O) groups excluding carboxylic acids is 1. The molecule has 48 valence electrons. The molecule has 0 bridgehead atoms. The summed E-state index contributed by atoms with van der Waals surface area (Å²) in [5.74, 6) is -0.471. The van der Waals surface area contributed by atoms with Crippen LogP contribution in [0.25, 0.3) is 0 Å². The Bertz CT molecular complexity index is 157. The molecule has 0 fully saturated rings. The number of hydrogen-bond acceptors (Lipinski definition) is 3. The predicted octanol–water partition coefficient (Wildman–Crippen LogP) is 0.628. The van der Waals surface area contributed by atoms with Crippen LogP contribution in [-0.4, -0.2) is 12.1 Å². The number of nitrogens with zero attached hydrogens (tertiary/aromatic N) is 1. The van der Waals surface area contributed by atoms with Gasteiger partial charge in [0.15, 0.2) is 0 Å². The molecule has 0 aliphatic heterocycles. The average molecular weight is 125 g/mol. The monoisotopic (exact) mass is 125 g/mol. The second-order valence-corrected chi connectivity index (χ2v) is 1.39. The Morgan fingerprint density at radius 2 is 2.56 bits per heavy atom. The van der Waals surface area contributed by atoms with E-state index in [1.165, 1.54) is 13.0 Å². The summed E-state index contributed by atoms with van der Waals surface area (Å²) in [7, 11) is 0. The van der Waals surface area contributed by atoms with E-state index < -0.39 is 12.1 Å². The van der Waals surface area contributed by atoms with Crippen LogP contribution in [0.1, 0.15) is 6.92 Å². The van der Waals surface area contributed by atoms with Crippen molar-refractivity contribution in [3.8, 4) is 6.07 Å². The smallest absolute Gasteiger partial charge is 0.304 e. The lowest BCUT2D eigenvalue weighted by molar-refractivity contribution is -0.142. The van der Waals surface area contributed by atoms with Gasteiger partial charge in [0.1, 0.15) is 6.07 Å². The van der Waals surface area contributed by atoms with Crippen LogP contribution >= 0.6 is 0 Å². The Morgan fingerprint density at radius 1 is 2.00 bits per heavy atom. The number of carbonyl (C=O) groups is 1. The van der Waals surface area contributed by atoms with Gasteiger partial charge in [0.05, 0.1) is 0 Å². The number of rotatable bonds is 2. The number of esters is 1. The van der Waals surface area contributed by atoms with Crippen LogP contribution in [0.4, 0.5) is 0 Å². The first kappa shape index (κ1) is 7.70. The summed E-state index contributed by atoms with van der Waals surface area (Å²) in [6.45, 7) is 4.53. The third-order valence-electron chi connectivity index (χ3n) is 0.634. The maximum Gasteiger partial charge on any atom is 0.304 e. The zero-order valence-corrected chi connectivity index (χ0v) is 5.13. The maximum absolute atomic E-state index is 10.2. The fourth-order valence-electron chi connectivity index (χ4n) is 0.306. The zero-order valence-electron chi connectivity index (χ0n) is 5.13. The molecule has 0 aliphatic rings. The van der Waals surface area contributed by atoms with E-state index in [9.17, 15) is 4.79 Å². The largest absolute Gasteiger partial charge is 0.443 e. The van der Waals surface area contributed by atoms with Crippen molar-refractivity contribution in [1.82, 2.24) is 0 Å². The van der Waals surface area contributed by atoms with Crippen LogP contribution in [0.3, 0.4) is 0 Å². The van der Waals surface area contributed by atoms with Gasteiger partial charge in [0.25, 0.3) is 0 Å². The van der Waals surface area contributed by atoms with E-state index in [-0.39, 0.29) is 0 Å². The molecule has 0 aliphatic carbocycles. The Morgan fingerprint density at radius 3 is 2.67 bits per heavy atom. The lowest BCUT2D eigenvalue weighted by atomic mass is 10.4. The van der Waals surface area contributed by atoms with Crippen molar-refractivity contribution in [3.05, 3.63) is 12.7 Å². The van der Waals surface area contributed by atoms with Gasteiger partial charge in [-0.2, -0.15) is 5.26 Å². The minimum absolute atomic E-state index is 0.471. The van der Waals surface area contributed by atoms with Gasteiger partial charge >= 0.3 is 5.97 Å². The van der Waals surface area contributed by atoms with Crippen LogP contribution in [0.15, 0.2) is 12.7 Å². The van der Waals surface area contributed by atoms with Gasteiger partial charge in [-0.15, -0.1) is 0 Å². The van der Waals surface area contributed by atoms with E-state index in [2.05, 4.69) is 11.3 Å². The third kappa shape index (κ3) is 3.30. The highest BCUT2D eigenvalue weighted by molar-refractivity contribution is 5.66. The fraction of sp³-hybridized carbons (Fsp3) is 0.333. The molecule has 0 spiro atoms. The first-order chi connectivity index (χ1) is 4.20. The van der Waals surface area contributed by atoms with Gasteiger partial charge in [-0.1, -0.05) is 6.58 Å². The van der Waals surface area contributed by atoms with Crippen molar-refractivity contribution in [2.24, 2.45) is 0 Å². The molecule has 0 aromatic carbocycles. The molecule has 0 radical (unpaired) electrons. The molecule has 3 nitrogen and oxygen atoms in total. The van der Waals surface area contributed by atoms with Gasteiger partial charge in [-0.3, -0.25) is 4.79 Å². The van der Waals surface area contributed by atoms with Crippen LogP contribution < -0.4 is 0 Å². The SMILES string of the molecule is C=C[C@@H](C#N)OC(C)=O. The molecular weight excluding hydrogens is 118 g/mol. The summed E-state index contributed by atoms with van der Waals surface area (Å²) in [4.78, 5) is 10.2. The first-order valence-electron chi connectivity index (χ1n) is 2.40. The van der Waals surface area contributed by atoms with Gasteiger partial charge in [-0.25, -0.2) is 0 Å². The lowest BCUT2D eigenvalue weighted by Gasteiger charge is -2.00. The van der Waals surface area contributed by atoms with Crippen molar-refractivity contribution in [2.75, 3.05) is 0 Å². The molecule has 3 heteroatoms. The fourth-order valence-corrected chi connectivity index (χ4v) is 0.306. The molecule has 0 saturated heterocycles. The molecule has 0 unspecified atom stereocenters. The van der Waals surface area contributed by atoms with Crippen LogP contribution in [0.5, 0.6) is 0 Å². The lowest BCUT2D eigenvalue weighted by Crippen LogP contribution is -2.10. The second-order valence-electron chi connectivity index (χ2n) is 1.39. The molecule has 0 heterocycles. The highest BCUT2D eigenvalue weighted by atomic mass is 16.5. The minimum atomic E-state index is -0.803. The summed E-state index contributed by atoms with van der Waals surface area (Å²) in [5, 5.41) is 8.18. The van der Waals surface area contributed by atoms with Gasteiger partial charge in [0, 0.05) is 6.92 Å². The second kappa shape index (κ2) is 3.67. The molecule has 0 amide bonds. The molecule has 0 rings (SSSR count). The van der Waals surface area contributed by atoms with E-state index in [0.29, 0.717) is 0 Å². The molecular formula is C6H7NO2. The molecule has 9 heavy (non-hydrogen) atoms. The molecule has 1 atom stereocenters. The maximum atomic E-state index is 10.2. The standard InChI is InChI=1S/C6H7NO2/c1-3-6(4-7)9-5(2)8/h3,6H,1H2,2H3/t6-/m0/s1. The number of nitriles is 1. The van der Waals surface area contributed by atoms with Gasteiger partial charge in [0.2, 0.25) is 6.10 Å². The van der Waals surface area contributed by atoms with Crippen molar-refractivity contribution in [1.29, 1.82) is 5.26 Å². The van der Waals surface area contributed by atoms with E-state index in [4.69, 9.17) is 5.26 Å². The summed E-state index contributed by atoms with van der Waals surface area (Å²) in [6, 6.07) is 1.72. The average Bonchev–Trinajstić information content (AvgIpc) is 1.82. The number of ether oxygens (including phenoxy) is 1. The third-order valence-corrected chi connectivity index (χ3v) is 0.634. The quantitative estimate of drug-likeness (QED) is 0.401.